The van der Waals surface area contributed by atoms with Gasteiger partial charge in [0.15, 0.2) is 5.82 Å². The van der Waals surface area contributed by atoms with Crippen molar-refractivity contribution < 1.29 is 18.8 Å². The Labute approximate surface area is 267 Å². The molecule has 0 unspecified atom stereocenters. The molecule has 0 radical (unpaired) electrons. The number of rotatable bonds is 10. The van der Waals surface area contributed by atoms with Gasteiger partial charge >= 0.3 is 5.69 Å². The van der Waals surface area contributed by atoms with Crippen LogP contribution >= 0.6 is 15.9 Å². The molecule has 1 aromatic heterocycles. The molecule has 0 aliphatic heterocycles. The van der Waals surface area contributed by atoms with Crippen molar-refractivity contribution in [2.45, 2.75) is 40.2 Å². The number of fused-ring (bicyclic) bond motifs is 1. The first-order valence-electron chi connectivity index (χ1n) is 14.3. The van der Waals surface area contributed by atoms with E-state index >= 15 is 0 Å². The van der Waals surface area contributed by atoms with E-state index in [1.54, 1.807) is 30.3 Å². The molecular formula is C34H30BrFN4O5. The second-order valence-corrected chi connectivity index (χ2v) is 11.5. The van der Waals surface area contributed by atoms with E-state index in [1.807, 2.05) is 32.0 Å². The van der Waals surface area contributed by atoms with Crippen LogP contribution in [0.2, 0.25) is 0 Å². The van der Waals surface area contributed by atoms with Crippen molar-refractivity contribution in [1.82, 2.24) is 9.66 Å². The van der Waals surface area contributed by atoms with E-state index in [1.165, 1.54) is 35.2 Å². The SMILES string of the molecule is CCOc1cc(C)c(-c2nc3ccccc3c(=O)n2N=Cc2cc(Br)c(OCc3cccc(F)c3)c([N+](=O)[O-])c2)cc1C(C)C. The Kier molecular flexibility index (Phi) is 9.38. The topological polar surface area (TPSA) is 109 Å². The maximum absolute atomic E-state index is 13.8. The number of benzene rings is 4. The number of para-hydroxylation sites is 1. The van der Waals surface area contributed by atoms with Crippen molar-refractivity contribution in [2.75, 3.05) is 6.61 Å². The van der Waals surface area contributed by atoms with Crippen molar-refractivity contribution in [1.29, 1.82) is 0 Å². The largest absolute Gasteiger partial charge is 0.494 e. The molecule has 0 saturated carbocycles. The lowest BCUT2D eigenvalue weighted by Crippen LogP contribution is -2.21. The summed E-state index contributed by atoms with van der Waals surface area (Å²) in [6.45, 7) is 8.40. The molecule has 1 heterocycles. The standard InChI is InChI=1S/C34H30BrFN4O5/c1-5-44-31-13-21(4)27(17-26(31)20(2)3)33-38-29-12-7-6-11-25(29)34(41)39(33)37-18-23-15-28(35)32(30(16-23)40(42)43)45-19-22-9-8-10-24(36)14-22/h6-18,20H,5,19H2,1-4H3. The number of aromatic nitrogens is 2. The molecule has 0 aliphatic carbocycles. The molecule has 0 amide bonds. The highest BCUT2D eigenvalue weighted by Crippen LogP contribution is 2.37. The van der Waals surface area contributed by atoms with E-state index in [0.717, 1.165) is 16.9 Å². The summed E-state index contributed by atoms with van der Waals surface area (Å²) in [4.78, 5) is 30.1. The number of nitrogens with zero attached hydrogens (tertiary/aromatic N) is 4. The van der Waals surface area contributed by atoms with Gasteiger partial charge in [-0.3, -0.25) is 14.9 Å². The minimum atomic E-state index is -0.574. The molecule has 230 valence electrons. The average Bonchev–Trinajstić information content (AvgIpc) is 3.00. The highest BCUT2D eigenvalue weighted by Gasteiger charge is 2.22. The molecule has 0 bridgehead atoms. The van der Waals surface area contributed by atoms with Gasteiger partial charge in [0.2, 0.25) is 5.75 Å². The van der Waals surface area contributed by atoms with Crippen LogP contribution in [0, 0.1) is 22.9 Å². The fourth-order valence-corrected chi connectivity index (χ4v) is 5.52. The number of halogens is 2. The van der Waals surface area contributed by atoms with E-state index in [2.05, 4.69) is 34.9 Å². The lowest BCUT2D eigenvalue weighted by Gasteiger charge is -2.18. The number of ether oxygens (including phenoxy) is 2. The van der Waals surface area contributed by atoms with Crippen LogP contribution in [-0.2, 0) is 6.61 Å². The second kappa shape index (κ2) is 13.4. The van der Waals surface area contributed by atoms with Gasteiger partial charge in [-0.15, -0.1) is 0 Å². The third-order valence-electron chi connectivity index (χ3n) is 7.11. The molecule has 9 nitrogen and oxygen atoms in total. The van der Waals surface area contributed by atoms with Crippen molar-refractivity contribution in [3.8, 4) is 22.9 Å². The quantitative estimate of drug-likeness (QED) is 0.0841. The number of nitro benzene ring substituents is 1. The normalized spacial score (nSPS) is 11.4. The Morgan fingerprint density at radius 3 is 2.58 bits per heavy atom. The summed E-state index contributed by atoms with van der Waals surface area (Å²) in [6.07, 6.45) is 1.36. The summed E-state index contributed by atoms with van der Waals surface area (Å²) in [5, 5.41) is 16.9. The third kappa shape index (κ3) is 6.78. The summed E-state index contributed by atoms with van der Waals surface area (Å²) in [7, 11) is 0. The predicted molar refractivity (Wildman–Crippen MR) is 176 cm³/mol. The minimum Gasteiger partial charge on any atom is -0.494 e. The molecule has 0 N–H and O–H groups in total. The predicted octanol–water partition coefficient (Wildman–Crippen LogP) is 8.17. The summed E-state index contributed by atoms with van der Waals surface area (Å²) in [5.74, 6) is 0.770. The van der Waals surface area contributed by atoms with Gasteiger partial charge < -0.3 is 9.47 Å². The van der Waals surface area contributed by atoms with Gasteiger partial charge in [0.1, 0.15) is 18.2 Å². The highest BCUT2D eigenvalue weighted by atomic mass is 79.9. The first-order valence-corrected chi connectivity index (χ1v) is 15.1. The Hall–Kier alpha value is -4.90. The zero-order chi connectivity index (χ0) is 32.2. The van der Waals surface area contributed by atoms with Crippen molar-refractivity contribution in [2.24, 2.45) is 5.10 Å². The molecule has 0 atom stereocenters. The molecular weight excluding hydrogens is 643 g/mol. The Morgan fingerprint density at radius 2 is 1.87 bits per heavy atom. The molecule has 0 aliphatic rings. The highest BCUT2D eigenvalue weighted by molar-refractivity contribution is 9.10. The van der Waals surface area contributed by atoms with E-state index < -0.39 is 16.3 Å². The van der Waals surface area contributed by atoms with Crippen molar-refractivity contribution in [3.05, 3.63) is 126 Å². The second-order valence-electron chi connectivity index (χ2n) is 10.6. The summed E-state index contributed by atoms with van der Waals surface area (Å²) >= 11 is 3.37. The molecule has 45 heavy (non-hydrogen) atoms. The maximum Gasteiger partial charge on any atom is 0.312 e. The van der Waals surface area contributed by atoms with Crippen LogP contribution in [-0.4, -0.2) is 27.4 Å². The number of hydrogen-bond donors (Lipinski definition) is 0. The first kappa shape index (κ1) is 31.5. The van der Waals surface area contributed by atoms with Gasteiger partial charge in [-0.05, 0) is 94.9 Å². The number of nitro groups is 1. The van der Waals surface area contributed by atoms with Gasteiger partial charge in [-0.25, -0.2) is 9.37 Å². The smallest absolute Gasteiger partial charge is 0.312 e. The molecule has 5 aromatic rings. The first-order chi connectivity index (χ1) is 21.6. The van der Waals surface area contributed by atoms with Crippen molar-refractivity contribution >= 4 is 38.7 Å². The number of aryl methyl sites for hydroxylation is 1. The van der Waals surface area contributed by atoms with Crippen molar-refractivity contribution in [3.63, 3.8) is 0 Å². The summed E-state index contributed by atoms with van der Waals surface area (Å²) in [5.41, 5.74) is 3.16. The molecule has 0 fully saturated rings. The van der Waals surface area contributed by atoms with Gasteiger partial charge in [0.25, 0.3) is 5.56 Å². The van der Waals surface area contributed by atoms with Gasteiger partial charge in [0.05, 0.1) is 33.1 Å². The van der Waals surface area contributed by atoms with Crippen LogP contribution in [0.5, 0.6) is 11.5 Å². The van der Waals surface area contributed by atoms with E-state index in [-0.39, 0.29) is 24.0 Å². The van der Waals surface area contributed by atoms with Gasteiger partial charge in [-0.2, -0.15) is 9.78 Å². The van der Waals surface area contributed by atoms with Crippen LogP contribution in [0.15, 0.2) is 87.2 Å². The monoisotopic (exact) mass is 672 g/mol. The van der Waals surface area contributed by atoms with E-state index in [0.29, 0.717) is 44.5 Å². The van der Waals surface area contributed by atoms with Gasteiger partial charge in [0, 0.05) is 17.2 Å². The Balaban J connectivity index is 1.61. The fraction of sp³-hybridized carbons (Fsp3) is 0.206. The lowest BCUT2D eigenvalue weighted by atomic mass is 9.96. The van der Waals surface area contributed by atoms with E-state index in [4.69, 9.17) is 14.5 Å². The summed E-state index contributed by atoms with van der Waals surface area (Å²) < 4.78 is 26.7. The molecule has 0 spiro atoms. The minimum absolute atomic E-state index is 0.0159. The maximum atomic E-state index is 13.8. The average molecular weight is 674 g/mol. The van der Waals surface area contributed by atoms with Crippen LogP contribution in [0.3, 0.4) is 0 Å². The van der Waals surface area contributed by atoms with Crippen LogP contribution in [0.25, 0.3) is 22.3 Å². The van der Waals surface area contributed by atoms with Crippen LogP contribution in [0.4, 0.5) is 10.1 Å². The lowest BCUT2D eigenvalue weighted by molar-refractivity contribution is -0.386. The Bertz CT molecular complexity index is 2010. The molecule has 4 aromatic carbocycles. The molecule has 5 rings (SSSR count). The molecule has 0 saturated heterocycles. The van der Waals surface area contributed by atoms with Crippen LogP contribution < -0.4 is 15.0 Å². The van der Waals surface area contributed by atoms with Gasteiger partial charge in [-0.1, -0.05) is 38.1 Å². The zero-order valence-electron chi connectivity index (χ0n) is 25.1. The van der Waals surface area contributed by atoms with Crippen LogP contribution in [0.1, 0.15) is 48.9 Å². The Morgan fingerprint density at radius 1 is 1.09 bits per heavy atom. The fourth-order valence-electron chi connectivity index (χ4n) is 4.93. The summed E-state index contributed by atoms with van der Waals surface area (Å²) in [6, 6.07) is 19.6. The zero-order valence-corrected chi connectivity index (χ0v) is 26.7. The number of hydrogen-bond acceptors (Lipinski definition) is 7. The molecule has 11 heteroatoms. The third-order valence-corrected chi connectivity index (χ3v) is 7.70. The van der Waals surface area contributed by atoms with E-state index in [9.17, 15) is 19.3 Å².